The SMILES string of the molecule is O=C(O)CN(CCc1ccc(Cl)cc1Cl)C(=O)CC1C(=O)N(CCc2ccc(Cl)cc2Cl)CC(=O)N1CCC(c1ccccc1)c1ccccc1. The first kappa shape index (κ1) is 38.2. The number of rotatable bonds is 15. The van der Waals surface area contributed by atoms with Crippen molar-refractivity contribution < 1.29 is 24.3 Å². The Balaban J connectivity index is 1.39. The number of nitrogens with zero attached hydrogens (tertiary/aromatic N) is 3. The third-order valence-corrected chi connectivity index (χ3v) is 10.2. The lowest BCUT2D eigenvalue weighted by molar-refractivity contribution is -0.158. The molecular weight excluding hydrogens is 732 g/mol. The molecule has 5 rings (SSSR count). The third kappa shape index (κ3) is 10.3. The van der Waals surface area contributed by atoms with Crippen LogP contribution in [0.25, 0.3) is 0 Å². The smallest absolute Gasteiger partial charge is 0.323 e. The lowest BCUT2D eigenvalue weighted by Gasteiger charge is -2.41. The van der Waals surface area contributed by atoms with Gasteiger partial charge in [-0.15, -0.1) is 0 Å². The molecule has 0 bridgehead atoms. The number of carboxylic acids is 1. The molecule has 1 heterocycles. The van der Waals surface area contributed by atoms with Crippen LogP contribution in [0.15, 0.2) is 97.1 Å². The van der Waals surface area contributed by atoms with Gasteiger partial charge in [-0.3, -0.25) is 19.2 Å². The molecule has 1 unspecified atom stereocenters. The normalized spacial score (nSPS) is 14.6. The molecule has 0 aromatic heterocycles. The van der Waals surface area contributed by atoms with E-state index in [1.54, 1.807) is 36.4 Å². The molecule has 51 heavy (non-hydrogen) atoms. The predicted octanol–water partition coefficient (Wildman–Crippen LogP) is 7.65. The summed E-state index contributed by atoms with van der Waals surface area (Å²) in [5, 5.41) is 11.5. The van der Waals surface area contributed by atoms with Crippen LogP contribution in [0.1, 0.15) is 41.0 Å². The number of halogens is 4. The average molecular weight is 770 g/mol. The van der Waals surface area contributed by atoms with Gasteiger partial charge in [0.1, 0.15) is 12.6 Å². The van der Waals surface area contributed by atoms with Gasteiger partial charge >= 0.3 is 5.97 Å². The second-order valence-corrected chi connectivity index (χ2v) is 14.1. The van der Waals surface area contributed by atoms with E-state index in [4.69, 9.17) is 46.4 Å². The monoisotopic (exact) mass is 767 g/mol. The highest BCUT2D eigenvalue weighted by Crippen LogP contribution is 2.30. The van der Waals surface area contributed by atoms with Crippen molar-refractivity contribution >= 4 is 70.1 Å². The quantitative estimate of drug-likeness (QED) is 0.134. The summed E-state index contributed by atoms with van der Waals surface area (Å²) in [5.74, 6) is -2.54. The number of benzene rings is 4. The van der Waals surface area contributed by atoms with Crippen LogP contribution in [0.2, 0.25) is 20.1 Å². The fraction of sp³-hybridized carbons (Fsp3) is 0.282. The fourth-order valence-corrected chi connectivity index (χ4v) is 7.40. The minimum Gasteiger partial charge on any atom is -0.480 e. The van der Waals surface area contributed by atoms with Gasteiger partial charge in [0, 0.05) is 45.6 Å². The molecule has 1 saturated heterocycles. The lowest BCUT2D eigenvalue weighted by Crippen LogP contribution is -2.61. The first-order valence-electron chi connectivity index (χ1n) is 16.6. The highest BCUT2D eigenvalue weighted by molar-refractivity contribution is 6.35. The molecule has 0 aliphatic carbocycles. The molecule has 1 fully saturated rings. The Labute approximate surface area is 317 Å². The van der Waals surface area contributed by atoms with Crippen molar-refractivity contribution in [2.75, 3.05) is 32.7 Å². The zero-order valence-electron chi connectivity index (χ0n) is 27.7. The van der Waals surface area contributed by atoms with Crippen LogP contribution in [0.5, 0.6) is 0 Å². The second kappa shape index (κ2) is 17.9. The Kier molecular flexibility index (Phi) is 13.4. The standard InChI is InChI=1S/C39H37Cl4N3O5/c40-30-13-11-28(33(42)21-30)15-18-44(25-38(49)50)36(47)23-35-39(51)45(19-16-29-12-14-31(41)22-34(29)43)24-37(48)46(35)20-17-32(26-7-3-1-4-8-26)27-9-5-2-6-10-27/h1-14,21-22,32,35H,15-20,23-25H2,(H,49,50). The molecule has 266 valence electrons. The number of piperazine rings is 1. The number of hydrogen-bond donors (Lipinski definition) is 1. The van der Waals surface area contributed by atoms with Crippen LogP contribution in [0.4, 0.5) is 0 Å². The summed E-state index contributed by atoms with van der Waals surface area (Å²) in [6, 6.07) is 28.8. The molecule has 0 saturated carbocycles. The Hall–Kier alpha value is -4.08. The van der Waals surface area contributed by atoms with Crippen LogP contribution >= 0.6 is 46.4 Å². The van der Waals surface area contributed by atoms with Crippen molar-refractivity contribution in [3.8, 4) is 0 Å². The molecule has 1 atom stereocenters. The summed E-state index contributed by atoms with van der Waals surface area (Å²) in [4.78, 5) is 58.1. The number of carbonyl (C=O) groups excluding carboxylic acids is 3. The summed E-state index contributed by atoms with van der Waals surface area (Å²) in [7, 11) is 0. The van der Waals surface area contributed by atoms with Gasteiger partial charge in [-0.25, -0.2) is 0 Å². The fourth-order valence-electron chi connectivity index (χ4n) is 6.39. The van der Waals surface area contributed by atoms with Gasteiger partial charge in [-0.1, -0.05) is 119 Å². The molecule has 1 N–H and O–H groups in total. The molecule has 12 heteroatoms. The number of hydrogen-bond acceptors (Lipinski definition) is 4. The van der Waals surface area contributed by atoms with Crippen molar-refractivity contribution in [2.45, 2.75) is 37.6 Å². The van der Waals surface area contributed by atoms with Crippen LogP contribution in [-0.2, 0) is 32.0 Å². The number of aliphatic carboxylic acids is 1. The summed E-state index contributed by atoms with van der Waals surface area (Å²) in [6.45, 7) is -0.321. The Morgan fingerprint density at radius 3 is 1.84 bits per heavy atom. The van der Waals surface area contributed by atoms with Crippen LogP contribution in [0.3, 0.4) is 0 Å². The molecule has 8 nitrogen and oxygen atoms in total. The van der Waals surface area contributed by atoms with Gasteiger partial charge in [0.05, 0.1) is 13.0 Å². The zero-order chi connectivity index (χ0) is 36.5. The first-order chi connectivity index (χ1) is 24.5. The van der Waals surface area contributed by atoms with Crippen molar-refractivity contribution in [1.82, 2.24) is 14.7 Å². The van der Waals surface area contributed by atoms with Gasteiger partial charge in [-0.2, -0.15) is 0 Å². The van der Waals surface area contributed by atoms with Gasteiger partial charge in [0.25, 0.3) is 0 Å². The maximum Gasteiger partial charge on any atom is 0.323 e. The minimum atomic E-state index is -1.21. The van der Waals surface area contributed by atoms with Crippen LogP contribution in [-0.4, -0.2) is 82.3 Å². The number of carbonyl (C=O) groups is 4. The average Bonchev–Trinajstić information content (AvgIpc) is 3.10. The highest BCUT2D eigenvalue weighted by atomic mass is 35.5. The minimum absolute atomic E-state index is 0.0320. The highest BCUT2D eigenvalue weighted by Gasteiger charge is 2.41. The number of amides is 3. The number of carboxylic acid groups (broad SMARTS) is 1. The zero-order valence-corrected chi connectivity index (χ0v) is 30.7. The maximum absolute atomic E-state index is 14.2. The molecule has 1 aliphatic heterocycles. The van der Waals surface area contributed by atoms with Crippen molar-refractivity contribution in [1.29, 1.82) is 0 Å². The van der Waals surface area contributed by atoms with Crippen molar-refractivity contribution in [3.63, 3.8) is 0 Å². The van der Waals surface area contributed by atoms with Gasteiger partial charge in [0.2, 0.25) is 17.7 Å². The van der Waals surface area contributed by atoms with Gasteiger partial charge in [0.15, 0.2) is 0 Å². The van der Waals surface area contributed by atoms with E-state index in [2.05, 4.69) is 0 Å². The van der Waals surface area contributed by atoms with E-state index in [-0.39, 0.29) is 56.8 Å². The van der Waals surface area contributed by atoms with E-state index in [0.29, 0.717) is 38.5 Å². The van der Waals surface area contributed by atoms with E-state index in [1.807, 2.05) is 60.7 Å². The van der Waals surface area contributed by atoms with E-state index in [1.165, 1.54) is 14.7 Å². The maximum atomic E-state index is 14.2. The molecule has 4 aromatic carbocycles. The van der Waals surface area contributed by atoms with Crippen molar-refractivity contribution in [3.05, 3.63) is 139 Å². The summed E-state index contributed by atoms with van der Waals surface area (Å²) in [6.07, 6.45) is 0.741. The molecule has 1 aliphatic rings. The summed E-state index contributed by atoms with van der Waals surface area (Å²) in [5.41, 5.74) is 3.57. The van der Waals surface area contributed by atoms with E-state index < -0.39 is 24.5 Å². The van der Waals surface area contributed by atoms with Gasteiger partial charge < -0.3 is 19.8 Å². The van der Waals surface area contributed by atoms with E-state index in [0.717, 1.165) is 16.7 Å². The first-order valence-corrected chi connectivity index (χ1v) is 18.1. The van der Waals surface area contributed by atoms with Crippen molar-refractivity contribution in [2.24, 2.45) is 0 Å². The van der Waals surface area contributed by atoms with E-state index >= 15 is 0 Å². The Morgan fingerprint density at radius 2 is 1.31 bits per heavy atom. The van der Waals surface area contributed by atoms with Gasteiger partial charge in [-0.05, 0) is 65.8 Å². The predicted molar refractivity (Wildman–Crippen MR) is 201 cm³/mol. The second-order valence-electron chi connectivity index (χ2n) is 12.4. The van der Waals surface area contributed by atoms with Crippen LogP contribution in [0, 0.1) is 0 Å². The molecule has 0 spiro atoms. The largest absolute Gasteiger partial charge is 0.480 e. The summed E-state index contributed by atoms with van der Waals surface area (Å²) >= 11 is 24.9. The Bertz CT molecular complexity index is 1820. The molecule has 0 radical (unpaired) electrons. The molecule has 3 amide bonds. The molecule has 4 aromatic rings. The van der Waals surface area contributed by atoms with Crippen LogP contribution < -0.4 is 0 Å². The molecular formula is C39H37Cl4N3O5. The third-order valence-electron chi connectivity index (χ3n) is 9.06. The summed E-state index contributed by atoms with van der Waals surface area (Å²) < 4.78 is 0. The lowest BCUT2D eigenvalue weighted by atomic mass is 9.88. The topological polar surface area (TPSA) is 98.2 Å². The van der Waals surface area contributed by atoms with E-state index in [9.17, 15) is 24.3 Å². The Morgan fingerprint density at radius 1 is 0.765 bits per heavy atom.